The van der Waals surface area contributed by atoms with Crippen LogP contribution in [0, 0.1) is 26.6 Å². The maximum absolute atomic E-state index is 13.2. The molecule has 1 unspecified atom stereocenters. The number of rotatable bonds is 7. The zero-order chi connectivity index (χ0) is 19.1. The number of hydrogen-bond acceptors (Lipinski definition) is 3. The molecule has 142 valence electrons. The van der Waals surface area contributed by atoms with Gasteiger partial charge in [-0.15, -0.1) is 0 Å². The van der Waals surface area contributed by atoms with Gasteiger partial charge in [0, 0.05) is 31.1 Å². The van der Waals surface area contributed by atoms with Gasteiger partial charge in [-0.2, -0.15) is 0 Å². The van der Waals surface area contributed by atoms with Gasteiger partial charge in [-0.3, -0.25) is 4.99 Å². The Morgan fingerprint density at radius 3 is 2.65 bits per heavy atom. The fourth-order valence-electron chi connectivity index (χ4n) is 3.11. The zero-order valence-electron chi connectivity index (χ0n) is 16.3. The summed E-state index contributed by atoms with van der Waals surface area (Å²) in [5, 5.41) is 10.6. The van der Waals surface area contributed by atoms with E-state index in [1.807, 2.05) is 33.8 Å². The van der Waals surface area contributed by atoms with Crippen molar-refractivity contribution in [2.75, 3.05) is 19.6 Å². The first kappa shape index (κ1) is 19.9. The molecule has 5 nitrogen and oxygen atoms in total. The molecule has 0 saturated heterocycles. The predicted molar refractivity (Wildman–Crippen MR) is 103 cm³/mol. The van der Waals surface area contributed by atoms with E-state index in [1.54, 1.807) is 6.07 Å². The van der Waals surface area contributed by atoms with Gasteiger partial charge in [-0.25, -0.2) is 4.39 Å². The number of aryl methyl sites for hydroxylation is 3. The van der Waals surface area contributed by atoms with Crippen LogP contribution < -0.4 is 10.6 Å². The molecule has 1 heterocycles. The molecule has 2 aromatic rings. The number of aromatic nitrogens is 1. The van der Waals surface area contributed by atoms with Crippen LogP contribution in [0.4, 0.5) is 4.39 Å². The second-order valence-electron chi connectivity index (χ2n) is 6.61. The van der Waals surface area contributed by atoms with Gasteiger partial charge in [0.25, 0.3) is 0 Å². The summed E-state index contributed by atoms with van der Waals surface area (Å²) in [6.07, 6.45) is 0.815. The molecule has 2 N–H and O–H groups in total. The van der Waals surface area contributed by atoms with Crippen molar-refractivity contribution in [2.24, 2.45) is 4.99 Å². The van der Waals surface area contributed by atoms with Crippen LogP contribution in [0.3, 0.4) is 0 Å². The van der Waals surface area contributed by atoms with Crippen molar-refractivity contribution in [2.45, 2.75) is 47.0 Å². The summed E-state index contributed by atoms with van der Waals surface area (Å²) < 4.78 is 18.4. The highest BCUT2D eigenvalue weighted by molar-refractivity contribution is 5.79. The van der Waals surface area contributed by atoms with Crippen LogP contribution >= 0.6 is 0 Å². The average molecular weight is 360 g/mol. The van der Waals surface area contributed by atoms with Gasteiger partial charge in [0.15, 0.2) is 5.96 Å². The minimum atomic E-state index is -0.192. The highest BCUT2D eigenvalue weighted by atomic mass is 19.1. The van der Waals surface area contributed by atoms with Crippen molar-refractivity contribution in [1.82, 2.24) is 15.8 Å². The molecule has 26 heavy (non-hydrogen) atoms. The summed E-state index contributed by atoms with van der Waals surface area (Å²) >= 11 is 0. The Bertz CT molecular complexity index is 735. The van der Waals surface area contributed by atoms with Crippen molar-refractivity contribution < 1.29 is 8.91 Å². The first-order valence-electron chi connectivity index (χ1n) is 9.12. The second kappa shape index (κ2) is 9.36. The van der Waals surface area contributed by atoms with Crippen molar-refractivity contribution in [1.29, 1.82) is 0 Å². The molecule has 0 radical (unpaired) electrons. The summed E-state index contributed by atoms with van der Waals surface area (Å²) in [4.78, 5) is 4.68. The van der Waals surface area contributed by atoms with Crippen LogP contribution in [-0.4, -0.2) is 30.8 Å². The predicted octanol–water partition coefficient (Wildman–Crippen LogP) is 3.64. The molecule has 0 spiro atoms. The van der Waals surface area contributed by atoms with E-state index in [0.717, 1.165) is 53.6 Å². The average Bonchev–Trinajstić information content (AvgIpc) is 2.93. The fourth-order valence-corrected chi connectivity index (χ4v) is 3.11. The van der Waals surface area contributed by atoms with Crippen LogP contribution in [0.5, 0.6) is 0 Å². The number of nitrogens with zero attached hydrogens (tertiary/aromatic N) is 2. The largest absolute Gasteiger partial charge is 0.361 e. The molecule has 0 aliphatic heterocycles. The molecule has 2 rings (SSSR count). The Balaban J connectivity index is 1.94. The molecule has 0 bridgehead atoms. The quantitative estimate of drug-likeness (QED) is 0.584. The first-order valence-corrected chi connectivity index (χ1v) is 9.12. The third-order valence-corrected chi connectivity index (χ3v) is 4.44. The topological polar surface area (TPSA) is 62.5 Å². The van der Waals surface area contributed by atoms with Crippen LogP contribution in [0.25, 0.3) is 0 Å². The third-order valence-electron chi connectivity index (χ3n) is 4.44. The standard InChI is InChI=1S/C20H29FN4O/c1-6-22-20(23-10-9-17-7-8-18(21)11-13(17)2)24-12-14(3)19-15(4)25-26-16(19)5/h7-8,11,14H,6,9-10,12H2,1-5H3,(H2,22,23,24). The van der Waals surface area contributed by atoms with Crippen molar-refractivity contribution >= 4 is 5.96 Å². The minimum Gasteiger partial charge on any atom is -0.361 e. The first-order chi connectivity index (χ1) is 12.4. The number of guanidine groups is 1. The van der Waals surface area contributed by atoms with Crippen molar-refractivity contribution in [3.8, 4) is 0 Å². The van der Waals surface area contributed by atoms with Crippen molar-refractivity contribution in [3.63, 3.8) is 0 Å². The number of nitrogens with one attached hydrogen (secondary N) is 2. The maximum Gasteiger partial charge on any atom is 0.191 e. The molecule has 0 fully saturated rings. The van der Waals surface area contributed by atoms with Gasteiger partial charge in [0.05, 0.1) is 5.69 Å². The van der Waals surface area contributed by atoms with E-state index < -0.39 is 0 Å². The third kappa shape index (κ3) is 5.31. The highest BCUT2D eigenvalue weighted by Crippen LogP contribution is 2.23. The van der Waals surface area contributed by atoms with Gasteiger partial charge in [0.2, 0.25) is 0 Å². The molecule has 0 amide bonds. The lowest BCUT2D eigenvalue weighted by Gasteiger charge is -2.14. The van der Waals surface area contributed by atoms with Crippen LogP contribution in [0.1, 0.15) is 47.9 Å². The van der Waals surface area contributed by atoms with E-state index in [9.17, 15) is 4.39 Å². The lowest BCUT2D eigenvalue weighted by molar-refractivity contribution is 0.391. The summed E-state index contributed by atoms with van der Waals surface area (Å²) in [5.74, 6) is 1.68. The van der Waals surface area contributed by atoms with E-state index in [0.29, 0.717) is 6.54 Å². The van der Waals surface area contributed by atoms with E-state index >= 15 is 0 Å². The molecule has 0 aliphatic rings. The van der Waals surface area contributed by atoms with E-state index in [1.165, 1.54) is 6.07 Å². The smallest absolute Gasteiger partial charge is 0.191 e. The molecule has 0 aliphatic carbocycles. The summed E-state index contributed by atoms with van der Waals surface area (Å²) in [6.45, 7) is 12.2. The van der Waals surface area contributed by atoms with E-state index in [2.05, 4.69) is 27.7 Å². The van der Waals surface area contributed by atoms with Crippen LogP contribution in [0.15, 0.2) is 27.7 Å². The lowest BCUT2D eigenvalue weighted by atomic mass is 10.00. The number of hydrogen-bond donors (Lipinski definition) is 2. The zero-order valence-corrected chi connectivity index (χ0v) is 16.3. The van der Waals surface area contributed by atoms with E-state index in [4.69, 9.17) is 4.52 Å². The molecular weight excluding hydrogens is 331 g/mol. The Labute approximate surface area is 155 Å². The van der Waals surface area contributed by atoms with Crippen LogP contribution in [-0.2, 0) is 6.42 Å². The van der Waals surface area contributed by atoms with Gasteiger partial charge >= 0.3 is 0 Å². The van der Waals surface area contributed by atoms with Gasteiger partial charge < -0.3 is 15.2 Å². The molecule has 1 atom stereocenters. The molecular formula is C20H29FN4O. The maximum atomic E-state index is 13.2. The van der Waals surface area contributed by atoms with Gasteiger partial charge in [0.1, 0.15) is 11.6 Å². The van der Waals surface area contributed by atoms with Crippen LogP contribution in [0.2, 0.25) is 0 Å². The Morgan fingerprint density at radius 1 is 1.27 bits per heavy atom. The SMILES string of the molecule is CCNC(=NCC(C)c1c(C)noc1C)NCCc1ccc(F)cc1C. The Kier molecular flexibility index (Phi) is 7.18. The molecule has 1 aromatic heterocycles. The van der Waals surface area contributed by atoms with Gasteiger partial charge in [-0.1, -0.05) is 18.1 Å². The molecule has 0 saturated carbocycles. The Hall–Kier alpha value is -2.37. The molecule has 6 heteroatoms. The van der Waals surface area contributed by atoms with E-state index in [-0.39, 0.29) is 11.7 Å². The number of benzene rings is 1. The molecule has 1 aromatic carbocycles. The highest BCUT2D eigenvalue weighted by Gasteiger charge is 2.16. The number of halogens is 1. The second-order valence-corrected chi connectivity index (χ2v) is 6.61. The monoisotopic (exact) mass is 360 g/mol. The lowest BCUT2D eigenvalue weighted by Crippen LogP contribution is -2.38. The fraction of sp³-hybridized carbons (Fsp3) is 0.500. The number of aliphatic imine (C=N–C) groups is 1. The van der Waals surface area contributed by atoms with Gasteiger partial charge in [-0.05, 0) is 57.4 Å². The van der Waals surface area contributed by atoms with Crippen molar-refractivity contribution in [3.05, 3.63) is 52.2 Å². The minimum absolute atomic E-state index is 0.192. The normalized spacial score (nSPS) is 12.9. The summed E-state index contributed by atoms with van der Waals surface area (Å²) in [7, 11) is 0. The summed E-state index contributed by atoms with van der Waals surface area (Å²) in [6, 6.07) is 4.92. The summed E-state index contributed by atoms with van der Waals surface area (Å²) in [5.41, 5.74) is 4.17. The Morgan fingerprint density at radius 2 is 2.04 bits per heavy atom.